The molecule has 2 rings (SSSR count). The van der Waals surface area contributed by atoms with E-state index in [4.69, 9.17) is 5.11 Å². The van der Waals surface area contributed by atoms with Crippen molar-refractivity contribution in [2.24, 2.45) is 0 Å². The molecule has 2 heterocycles. The van der Waals surface area contributed by atoms with Crippen LogP contribution in [0, 0.1) is 0 Å². The fourth-order valence-corrected chi connectivity index (χ4v) is 2.14. The topological polar surface area (TPSA) is 78.4 Å². The Morgan fingerprint density at radius 1 is 1.35 bits per heavy atom. The van der Waals surface area contributed by atoms with Gasteiger partial charge in [-0.1, -0.05) is 0 Å². The van der Waals surface area contributed by atoms with E-state index in [2.05, 4.69) is 10.2 Å². The summed E-state index contributed by atoms with van der Waals surface area (Å²) < 4.78 is 37.3. The van der Waals surface area contributed by atoms with Crippen LogP contribution in [-0.4, -0.2) is 40.3 Å². The van der Waals surface area contributed by atoms with Crippen LogP contribution < -0.4 is 10.2 Å². The Morgan fingerprint density at radius 3 is 2.65 bits per heavy atom. The van der Waals surface area contributed by atoms with E-state index < -0.39 is 18.4 Å². The molecule has 1 aliphatic rings. The van der Waals surface area contributed by atoms with Crippen LogP contribution in [0.2, 0.25) is 0 Å². The molecule has 6 nitrogen and oxygen atoms in total. The molecule has 0 saturated carbocycles. The summed E-state index contributed by atoms with van der Waals surface area (Å²) in [6.07, 6.45) is -3.62. The molecule has 1 aromatic heterocycles. The predicted octanol–water partition coefficient (Wildman–Crippen LogP) is 1.60. The zero-order chi connectivity index (χ0) is 14.8. The van der Waals surface area contributed by atoms with Crippen molar-refractivity contribution in [1.29, 1.82) is 0 Å². The molecule has 110 valence electrons. The van der Waals surface area contributed by atoms with E-state index in [-0.39, 0.29) is 11.5 Å². The lowest BCUT2D eigenvalue weighted by atomic mass is 10.1. The van der Waals surface area contributed by atoms with Crippen LogP contribution >= 0.6 is 0 Å². The first-order valence-electron chi connectivity index (χ1n) is 6.05. The van der Waals surface area contributed by atoms with Gasteiger partial charge in [0.1, 0.15) is 0 Å². The summed E-state index contributed by atoms with van der Waals surface area (Å²) in [6, 6.07) is 2.59. The molecule has 2 N–H and O–H groups in total. The SMILES string of the molecule is O=C(O)c1ccc(N2CCCCC2NC(F)(F)F)nn1. The number of alkyl halides is 3. The Bertz CT molecular complexity index is 478. The molecule has 0 bridgehead atoms. The quantitative estimate of drug-likeness (QED) is 0.823. The number of anilines is 1. The zero-order valence-electron chi connectivity index (χ0n) is 10.4. The second kappa shape index (κ2) is 5.61. The molecule has 1 atom stereocenters. The highest BCUT2D eigenvalue weighted by atomic mass is 19.4. The molecular weight excluding hydrogens is 277 g/mol. The van der Waals surface area contributed by atoms with Gasteiger partial charge in [0, 0.05) is 6.54 Å². The summed E-state index contributed by atoms with van der Waals surface area (Å²) in [5.41, 5.74) is -0.244. The van der Waals surface area contributed by atoms with Crippen LogP contribution in [-0.2, 0) is 0 Å². The van der Waals surface area contributed by atoms with E-state index in [1.807, 2.05) is 0 Å². The molecule has 1 fully saturated rings. The lowest BCUT2D eigenvalue weighted by Gasteiger charge is -2.37. The highest BCUT2D eigenvalue weighted by Gasteiger charge is 2.35. The Hall–Kier alpha value is -1.90. The van der Waals surface area contributed by atoms with Gasteiger partial charge in [0.15, 0.2) is 11.5 Å². The molecule has 0 aliphatic carbocycles. The number of rotatable bonds is 3. The number of carboxylic acids is 1. The van der Waals surface area contributed by atoms with E-state index in [0.29, 0.717) is 19.4 Å². The van der Waals surface area contributed by atoms with Crippen LogP contribution in [0.5, 0.6) is 0 Å². The number of carboxylic acid groups (broad SMARTS) is 1. The van der Waals surface area contributed by atoms with Crippen molar-refractivity contribution in [2.75, 3.05) is 11.4 Å². The first-order chi connectivity index (χ1) is 9.37. The lowest BCUT2D eigenvalue weighted by Crippen LogP contribution is -2.54. The van der Waals surface area contributed by atoms with Gasteiger partial charge in [-0.15, -0.1) is 10.2 Å². The van der Waals surface area contributed by atoms with Crippen LogP contribution in [0.4, 0.5) is 19.0 Å². The lowest BCUT2D eigenvalue weighted by molar-refractivity contribution is -0.165. The van der Waals surface area contributed by atoms with Crippen molar-refractivity contribution in [2.45, 2.75) is 31.7 Å². The van der Waals surface area contributed by atoms with Crippen LogP contribution in [0.25, 0.3) is 0 Å². The van der Waals surface area contributed by atoms with E-state index in [0.717, 1.165) is 6.42 Å². The number of hydrogen-bond donors (Lipinski definition) is 2. The first-order valence-corrected chi connectivity index (χ1v) is 6.05. The number of aromatic nitrogens is 2. The summed E-state index contributed by atoms with van der Waals surface area (Å²) in [6.45, 7) is 0.412. The molecular formula is C11H13F3N4O2. The average molecular weight is 290 g/mol. The van der Waals surface area contributed by atoms with E-state index in [1.54, 1.807) is 5.32 Å². The molecule has 0 amide bonds. The Kier molecular flexibility index (Phi) is 4.07. The highest BCUT2D eigenvalue weighted by molar-refractivity contribution is 5.85. The Labute approximate surface area is 112 Å². The first kappa shape index (κ1) is 14.5. The molecule has 1 saturated heterocycles. The third kappa shape index (κ3) is 3.56. The molecule has 9 heteroatoms. The smallest absolute Gasteiger partial charge is 0.458 e. The summed E-state index contributed by atoms with van der Waals surface area (Å²) in [5, 5.41) is 17.5. The maximum atomic E-state index is 12.4. The molecule has 20 heavy (non-hydrogen) atoms. The number of hydrogen-bond acceptors (Lipinski definition) is 5. The fraction of sp³-hybridized carbons (Fsp3) is 0.545. The third-order valence-corrected chi connectivity index (χ3v) is 3.00. The molecule has 0 aromatic carbocycles. The minimum atomic E-state index is -4.48. The number of nitrogens with zero attached hydrogens (tertiary/aromatic N) is 3. The molecule has 0 radical (unpaired) electrons. The van der Waals surface area contributed by atoms with Crippen LogP contribution in [0.15, 0.2) is 12.1 Å². The second-order valence-corrected chi connectivity index (χ2v) is 4.43. The van der Waals surface area contributed by atoms with Crippen molar-refractivity contribution < 1.29 is 23.1 Å². The number of aromatic carboxylic acids is 1. The average Bonchev–Trinajstić information content (AvgIpc) is 2.37. The fourth-order valence-electron chi connectivity index (χ4n) is 2.14. The summed E-state index contributed by atoms with van der Waals surface area (Å²) in [4.78, 5) is 12.1. The van der Waals surface area contributed by atoms with Gasteiger partial charge in [-0.25, -0.2) is 10.1 Å². The molecule has 1 aliphatic heterocycles. The van der Waals surface area contributed by atoms with Gasteiger partial charge in [-0.2, -0.15) is 13.2 Å². The standard InChI is InChI=1S/C11H13F3N4O2/c12-11(13,14)15-8-3-1-2-6-18(8)9-5-4-7(10(19)20)16-17-9/h4-5,8,15H,1-3,6H2,(H,19,20). The number of nitrogens with one attached hydrogen (secondary N) is 1. The van der Waals surface area contributed by atoms with E-state index in [1.165, 1.54) is 17.0 Å². The van der Waals surface area contributed by atoms with Gasteiger partial charge in [0.05, 0.1) is 6.17 Å². The van der Waals surface area contributed by atoms with Crippen molar-refractivity contribution in [3.8, 4) is 0 Å². The second-order valence-electron chi connectivity index (χ2n) is 4.43. The van der Waals surface area contributed by atoms with Gasteiger partial charge in [0.2, 0.25) is 0 Å². The third-order valence-electron chi connectivity index (χ3n) is 3.00. The summed E-state index contributed by atoms with van der Waals surface area (Å²) in [5.74, 6) is -0.996. The molecule has 0 spiro atoms. The maximum absolute atomic E-state index is 12.4. The molecule has 1 unspecified atom stereocenters. The highest BCUT2D eigenvalue weighted by Crippen LogP contribution is 2.24. The van der Waals surface area contributed by atoms with Crippen LogP contribution in [0.3, 0.4) is 0 Å². The zero-order valence-corrected chi connectivity index (χ0v) is 10.4. The van der Waals surface area contributed by atoms with E-state index in [9.17, 15) is 18.0 Å². The minimum absolute atomic E-state index is 0.233. The predicted molar refractivity (Wildman–Crippen MR) is 63.2 cm³/mol. The van der Waals surface area contributed by atoms with Gasteiger partial charge in [0.25, 0.3) is 0 Å². The normalized spacial score (nSPS) is 19.9. The van der Waals surface area contributed by atoms with Crippen LogP contribution in [0.1, 0.15) is 29.8 Å². The van der Waals surface area contributed by atoms with Crippen molar-refractivity contribution in [3.63, 3.8) is 0 Å². The van der Waals surface area contributed by atoms with Gasteiger partial charge < -0.3 is 10.0 Å². The summed E-state index contributed by atoms with van der Waals surface area (Å²) >= 11 is 0. The Morgan fingerprint density at radius 2 is 2.10 bits per heavy atom. The number of carbonyl (C=O) groups is 1. The number of piperidine rings is 1. The van der Waals surface area contributed by atoms with Crippen molar-refractivity contribution in [1.82, 2.24) is 15.5 Å². The van der Waals surface area contributed by atoms with E-state index >= 15 is 0 Å². The Balaban J connectivity index is 2.17. The van der Waals surface area contributed by atoms with Gasteiger partial charge in [-0.3, -0.25) is 0 Å². The van der Waals surface area contributed by atoms with Gasteiger partial charge in [-0.05, 0) is 31.4 Å². The largest absolute Gasteiger partial charge is 0.476 e. The maximum Gasteiger partial charge on any atom is 0.458 e. The summed E-state index contributed by atoms with van der Waals surface area (Å²) in [7, 11) is 0. The van der Waals surface area contributed by atoms with Gasteiger partial charge >= 0.3 is 12.3 Å². The minimum Gasteiger partial charge on any atom is -0.476 e. The van der Waals surface area contributed by atoms with Crippen molar-refractivity contribution >= 4 is 11.8 Å². The monoisotopic (exact) mass is 290 g/mol. The number of halogens is 3. The molecule has 1 aromatic rings. The van der Waals surface area contributed by atoms with Crippen molar-refractivity contribution in [3.05, 3.63) is 17.8 Å².